The topological polar surface area (TPSA) is 79.8 Å². The molecule has 8 nitrogen and oxygen atoms in total. The zero-order valence-corrected chi connectivity index (χ0v) is 24.5. The first-order chi connectivity index (χ1) is 20.7. The number of alkyl halides is 4. The molecule has 12 heteroatoms. The van der Waals surface area contributed by atoms with Gasteiger partial charge in [-0.25, -0.2) is 14.4 Å². The van der Waals surface area contributed by atoms with Gasteiger partial charge in [-0.1, -0.05) is 6.07 Å². The number of hydrogen-bond donors (Lipinski definition) is 1. The standard InChI is InChI=1S/C31H39F4N5O3/c1-19-27(30(41)39-11-5-24(6-12-39)36-26-9-15-43-18-25(26)32)37-28(20-7-13-42-14-8-20)38-29(19)40-10-4-21-16-23(31(33,34)35)3-2-22(21)17-40/h2-3,16,20,24-26,36H,4-15,17-18H2,1H3/t25-,26+/m0/s1. The van der Waals surface area contributed by atoms with E-state index in [0.29, 0.717) is 87.3 Å². The third kappa shape index (κ3) is 6.66. The Morgan fingerprint density at radius 1 is 0.977 bits per heavy atom. The highest BCUT2D eigenvalue weighted by Crippen LogP contribution is 2.35. The summed E-state index contributed by atoms with van der Waals surface area (Å²) in [7, 11) is 0. The molecule has 6 rings (SSSR count). The van der Waals surface area contributed by atoms with Crippen molar-refractivity contribution in [2.45, 2.75) is 82.3 Å². The Kier molecular flexibility index (Phi) is 8.89. The molecule has 1 amide bonds. The summed E-state index contributed by atoms with van der Waals surface area (Å²) in [6, 6.07) is 3.85. The highest BCUT2D eigenvalue weighted by molar-refractivity contribution is 5.95. The van der Waals surface area contributed by atoms with Crippen molar-refractivity contribution in [3.63, 3.8) is 0 Å². The lowest BCUT2D eigenvalue weighted by atomic mass is 9.96. The minimum Gasteiger partial charge on any atom is -0.381 e. The monoisotopic (exact) mass is 605 g/mol. The van der Waals surface area contributed by atoms with Crippen molar-refractivity contribution in [1.29, 1.82) is 0 Å². The predicted molar refractivity (Wildman–Crippen MR) is 152 cm³/mol. The summed E-state index contributed by atoms with van der Waals surface area (Å²) in [5.74, 6) is 1.20. The molecular formula is C31H39F4N5O3. The maximum Gasteiger partial charge on any atom is 0.416 e. The second kappa shape index (κ2) is 12.6. The lowest BCUT2D eigenvalue weighted by Gasteiger charge is -2.37. The number of amides is 1. The number of ether oxygens (including phenoxy) is 2. The number of nitrogens with zero attached hydrogens (tertiary/aromatic N) is 4. The highest BCUT2D eigenvalue weighted by Gasteiger charge is 2.34. The van der Waals surface area contributed by atoms with Gasteiger partial charge in [-0.2, -0.15) is 13.2 Å². The van der Waals surface area contributed by atoms with Crippen molar-refractivity contribution in [3.05, 3.63) is 52.0 Å². The lowest BCUT2D eigenvalue weighted by Crippen LogP contribution is -2.52. The largest absolute Gasteiger partial charge is 0.416 e. The third-order valence-electron chi connectivity index (χ3n) is 9.29. The number of fused-ring (bicyclic) bond motifs is 1. The first-order valence-electron chi connectivity index (χ1n) is 15.3. The van der Waals surface area contributed by atoms with Gasteiger partial charge in [0.05, 0.1) is 12.2 Å². The van der Waals surface area contributed by atoms with E-state index in [1.54, 1.807) is 6.07 Å². The zero-order valence-electron chi connectivity index (χ0n) is 24.5. The Morgan fingerprint density at radius 3 is 2.44 bits per heavy atom. The van der Waals surface area contributed by atoms with Crippen LogP contribution in [0.4, 0.5) is 23.4 Å². The molecular weight excluding hydrogens is 566 g/mol. The van der Waals surface area contributed by atoms with E-state index in [-0.39, 0.29) is 30.5 Å². The van der Waals surface area contributed by atoms with E-state index >= 15 is 0 Å². The quantitative estimate of drug-likeness (QED) is 0.500. The molecule has 2 aromatic rings. The van der Waals surface area contributed by atoms with E-state index in [1.165, 1.54) is 6.07 Å². The van der Waals surface area contributed by atoms with Crippen LogP contribution >= 0.6 is 0 Å². The number of aromatic nitrogens is 2. The zero-order chi connectivity index (χ0) is 30.1. The average Bonchev–Trinajstić information content (AvgIpc) is 3.02. The average molecular weight is 606 g/mol. The van der Waals surface area contributed by atoms with Crippen LogP contribution in [0.5, 0.6) is 0 Å². The summed E-state index contributed by atoms with van der Waals surface area (Å²) in [4.78, 5) is 27.7. The van der Waals surface area contributed by atoms with Crippen molar-refractivity contribution < 1.29 is 31.8 Å². The number of benzene rings is 1. The summed E-state index contributed by atoms with van der Waals surface area (Å²) in [6.45, 7) is 5.73. The normalized spacial score (nSPS) is 24.2. The van der Waals surface area contributed by atoms with Crippen molar-refractivity contribution in [2.75, 3.05) is 51.0 Å². The van der Waals surface area contributed by atoms with Crippen molar-refractivity contribution in [1.82, 2.24) is 20.2 Å². The van der Waals surface area contributed by atoms with Crippen molar-refractivity contribution in [3.8, 4) is 0 Å². The molecule has 0 unspecified atom stereocenters. The van der Waals surface area contributed by atoms with Crippen LogP contribution in [0.2, 0.25) is 0 Å². The number of rotatable bonds is 5. The molecule has 0 radical (unpaired) electrons. The molecule has 3 saturated heterocycles. The van der Waals surface area contributed by atoms with Crippen LogP contribution in [0.15, 0.2) is 18.2 Å². The number of piperidine rings is 1. The van der Waals surface area contributed by atoms with Crippen molar-refractivity contribution >= 4 is 11.7 Å². The van der Waals surface area contributed by atoms with Crippen LogP contribution < -0.4 is 10.2 Å². The van der Waals surface area contributed by atoms with Gasteiger partial charge in [0.25, 0.3) is 5.91 Å². The van der Waals surface area contributed by atoms with E-state index in [2.05, 4.69) is 10.2 Å². The van der Waals surface area contributed by atoms with E-state index < -0.39 is 17.9 Å². The molecule has 1 aromatic carbocycles. The second-order valence-corrected chi connectivity index (χ2v) is 12.1. The maximum atomic E-state index is 14.3. The molecule has 234 valence electrons. The van der Waals surface area contributed by atoms with E-state index in [0.717, 1.165) is 37.3 Å². The SMILES string of the molecule is Cc1c(C(=O)N2CCC(N[C@@H]3CCOC[C@@H]3F)CC2)nc(C2CCOCC2)nc1N1CCc2cc(C(F)(F)F)ccc2C1. The Balaban J connectivity index is 1.22. The number of carbonyl (C=O) groups is 1. The summed E-state index contributed by atoms with van der Waals surface area (Å²) < 4.78 is 64.9. The molecule has 1 N–H and O–H groups in total. The summed E-state index contributed by atoms with van der Waals surface area (Å²) in [5.41, 5.74) is 1.94. The summed E-state index contributed by atoms with van der Waals surface area (Å²) >= 11 is 0. The Bertz CT molecular complexity index is 1310. The predicted octanol–water partition coefficient (Wildman–Crippen LogP) is 4.58. The Labute approximate surface area is 249 Å². The summed E-state index contributed by atoms with van der Waals surface area (Å²) in [6.07, 6.45) is -1.34. The first kappa shape index (κ1) is 30.2. The van der Waals surface area contributed by atoms with E-state index in [9.17, 15) is 22.4 Å². The van der Waals surface area contributed by atoms with Gasteiger partial charge in [-0.05, 0) is 68.7 Å². The minimum absolute atomic E-state index is 0.0640. The lowest BCUT2D eigenvalue weighted by molar-refractivity contribution is -0.137. The van der Waals surface area contributed by atoms with Crippen LogP contribution in [0.1, 0.15) is 76.6 Å². The molecule has 0 bridgehead atoms. The second-order valence-electron chi connectivity index (χ2n) is 12.1. The van der Waals surface area contributed by atoms with Gasteiger partial charge < -0.3 is 24.6 Å². The number of halogens is 4. The molecule has 4 aliphatic heterocycles. The fourth-order valence-corrected chi connectivity index (χ4v) is 6.68. The van der Waals surface area contributed by atoms with Gasteiger partial charge in [0.2, 0.25) is 0 Å². The van der Waals surface area contributed by atoms with Crippen LogP contribution in [-0.2, 0) is 28.6 Å². The van der Waals surface area contributed by atoms with Gasteiger partial charge in [-0.15, -0.1) is 0 Å². The fraction of sp³-hybridized carbons (Fsp3) is 0.645. The van der Waals surface area contributed by atoms with Crippen LogP contribution in [0, 0.1) is 6.92 Å². The number of carbonyl (C=O) groups excluding carboxylic acids is 1. The fourth-order valence-electron chi connectivity index (χ4n) is 6.68. The molecule has 4 aliphatic rings. The Morgan fingerprint density at radius 2 is 1.72 bits per heavy atom. The number of anilines is 1. The third-order valence-corrected chi connectivity index (χ3v) is 9.29. The molecule has 5 heterocycles. The van der Waals surface area contributed by atoms with Crippen LogP contribution in [0.25, 0.3) is 0 Å². The van der Waals surface area contributed by atoms with Gasteiger partial charge in [-0.3, -0.25) is 4.79 Å². The number of hydrogen-bond acceptors (Lipinski definition) is 7. The smallest absolute Gasteiger partial charge is 0.381 e. The number of nitrogens with one attached hydrogen (secondary N) is 1. The van der Waals surface area contributed by atoms with E-state index in [4.69, 9.17) is 19.4 Å². The van der Waals surface area contributed by atoms with Gasteiger partial charge in [0.15, 0.2) is 0 Å². The molecule has 3 fully saturated rings. The number of likely N-dealkylation sites (tertiary alicyclic amines) is 1. The molecule has 0 aliphatic carbocycles. The van der Waals surface area contributed by atoms with Crippen LogP contribution in [-0.4, -0.2) is 85.1 Å². The molecule has 43 heavy (non-hydrogen) atoms. The highest BCUT2D eigenvalue weighted by atomic mass is 19.4. The first-order valence-corrected chi connectivity index (χ1v) is 15.3. The van der Waals surface area contributed by atoms with Crippen molar-refractivity contribution in [2.24, 2.45) is 0 Å². The van der Waals surface area contributed by atoms with Gasteiger partial charge in [0, 0.05) is 69.6 Å². The van der Waals surface area contributed by atoms with Gasteiger partial charge >= 0.3 is 6.18 Å². The molecule has 2 atom stereocenters. The van der Waals surface area contributed by atoms with E-state index in [1.807, 2.05) is 11.8 Å². The minimum atomic E-state index is -4.38. The molecule has 0 spiro atoms. The molecule has 1 aromatic heterocycles. The Hall–Kier alpha value is -2.83. The molecule has 0 saturated carbocycles. The van der Waals surface area contributed by atoms with Crippen LogP contribution in [0.3, 0.4) is 0 Å². The maximum absolute atomic E-state index is 14.3. The van der Waals surface area contributed by atoms with Gasteiger partial charge in [0.1, 0.15) is 23.5 Å². The summed E-state index contributed by atoms with van der Waals surface area (Å²) in [5, 5.41) is 3.44.